The van der Waals surface area contributed by atoms with Crippen LogP contribution in [-0.2, 0) is 16.1 Å². The van der Waals surface area contributed by atoms with Gasteiger partial charge in [0, 0.05) is 19.6 Å². The van der Waals surface area contributed by atoms with Crippen molar-refractivity contribution in [2.24, 2.45) is 0 Å². The molecule has 0 bridgehead atoms. The molecule has 0 saturated carbocycles. The van der Waals surface area contributed by atoms with Crippen molar-refractivity contribution in [3.63, 3.8) is 0 Å². The molecule has 1 aliphatic rings. The number of H-pyrrole nitrogens is 2. The van der Waals surface area contributed by atoms with Gasteiger partial charge in [0.15, 0.2) is 0 Å². The van der Waals surface area contributed by atoms with Crippen LogP contribution in [0.4, 0.5) is 15.5 Å². The fourth-order valence-electron chi connectivity index (χ4n) is 4.86. The fourth-order valence-corrected chi connectivity index (χ4v) is 4.86. The maximum absolute atomic E-state index is 12.1. The van der Waals surface area contributed by atoms with Crippen LogP contribution in [0.15, 0.2) is 97.6 Å². The van der Waals surface area contributed by atoms with E-state index in [1.165, 1.54) is 13.5 Å². The molecule has 49 heavy (non-hydrogen) atoms. The number of likely N-dealkylation sites (tertiary alicyclic amines) is 1. The van der Waals surface area contributed by atoms with Gasteiger partial charge in [-0.05, 0) is 40.7 Å². The molecular weight excluding hydrogens is 620 g/mol. The summed E-state index contributed by atoms with van der Waals surface area (Å²) in [7, 11) is 1.27. The molecule has 3 heterocycles. The van der Waals surface area contributed by atoms with Gasteiger partial charge in [-0.1, -0.05) is 99.1 Å². The summed E-state index contributed by atoms with van der Waals surface area (Å²) in [5, 5.41) is 7.91. The highest BCUT2D eigenvalue weighted by molar-refractivity contribution is 5.87. The Morgan fingerprint density at radius 2 is 1.39 bits per heavy atom. The Hall–Kier alpha value is -5.91. The van der Waals surface area contributed by atoms with Gasteiger partial charge in [-0.2, -0.15) is 0 Å². The lowest BCUT2D eigenvalue weighted by Gasteiger charge is -2.14. The van der Waals surface area contributed by atoms with Crippen molar-refractivity contribution in [1.82, 2.24) is 35.5 Å². The summed E-state index contributed by atoms with van der Waals surface area (Å²) in [6, 6.07) is 26.0. The molecule has 5 aromatic rings. The number of rotatable bonds is 8. The van der Waals surface area contributed by atoms with Gasteiger partial charge in [0.1, 0.15) is 6.54 Å². The number of amides is 4. The minimum Gasteiger partial charge on any atom is -0.453 e. The summed E-state index contributed by atoms with van der Waals surface area (Å²) in [5.74, 6) is 0.358. The highest BCUT2D eigenvalue weighted by Gasteiger charge is 2.18. The van der Waals surface area contributed by atoms with Gasteiger partial charge < -0.3 is 30.2 Å². The number of aromatic nitrogens is 4. The van der Waals surface area contributed by atoms with Crippen LogP contribution in [0, 0.1) is 0 Å². The Balaban J connectivity index is 0.000000283. The first-order valence-corrected chi connectivity index (χ1v) is 16.3. The zero-order valence-electron chi connectivity index (χ0n) is 28.2. The molecule has 1 fully saturated rings. The number of hydrogen-bond acceptors (Lipinski definition) is 6. The molecule has 0 atom stereocenters. The second-order valence-corrected chi connectivity index (χ2v) is 11.2. The Bertz CT molecular complexity index is 1710. The number of ether oxygens (including phenoxy) is 1. The van der Waals surface area contributed by atoms with Crippen molar-refractivity contribution < 1.29 is 19.1 Å². The van der Waals surface area contributed by atoms with Gasteiger partial charge in [0.2, 0.25) is 11.9 Å². The van der Waals surface area contributed by atoms with Gasteiger partial charge in [-0.25, -0.2) is 19.6 Å². The quantitative estimate of drug-likeness (QED) is 0.122. The first kappa shape index (κ1) is 35.9. The molecule has 4 amide bonds. The van der Waals surface area contributed by atoms with E-state index in [4.69, 9.17) is 0 Å². The van der Waals surface area contributed by atoms with E-state index in [-0.39, 0.29) is 18.5 Å². The van der Waals surface area contributed by atoms with Crippen molar-refractivity contribution in [3.05, 3.63) is 103 Å². The standard InChI is InChI=1S/C26H22N6O.C8H14N2O3.C3H8/c33-26(29-14-18-4-2-1-3-5-18)32-25-28-16-24(31-25)22-12-8-20(9-13-22)19-6-10-21(11-7-19)23-15-27-17-30-23;1-13-8(12)9-6-7(11)10-4-2-3-5-10;1-3-2/h1-13,15-17H,14H2,(H,27,30)(H3,28,29,31,32,33);2-6H2,1H3,(H,9,12);3H2,1-2H3. The van der Waals surface area contributed by atoms with Crippen LogP contribution >= 0.6 is 0 Å². The van der Waals surface area contributed by atoms with Crippen LogP contribution < -0.4 is 16.0 Å². The largest absolute Gasteiger partial charge is 0.453 e. The summed E-state index contributed by atoms with van der Waals surface area (Å²) in [5.41, 5.74) is 7.18. The van der Waals surface area contributed by atoms with Crippen LogP contribution in [0.5, 0.6) is 0 Å². The maximum Gasteiger partial charge on any atom is 0.407 e. The molecule has 12 heteroatoms. The molecule has 1 saturated heterocycles. The Morgan fingerprint density at radius 3 is 1.96 bits per heavy atom. The van der Waals surface area contributed by atoms with Gasteiger partial charge in [0.25, 0.3) is 0 Å². The number of carbonyl (C=O) groups excluding carboxylic acids is 3. The Labute approximate surface area is 286 Å². The van der Waals surface area contributed by atoms with E-state index in [1.54, 1.807) is 17.4 Å². The molecule has 5 N–H and O–H groups in total. The average molecular weight is 665 g/mol. The summed E-state index contributed by atoms with van der Waals surface area (Å²) < 4.78 is 4.34. The predicted octanol–water partition coefficient (Wildman–Crippen LogP) is 6.84. The van der Waals surface area contributed by atoms with E-state index in [9.17, 15) is 14.4 Å². The highest BCUT2D eigenvalue weighted by Crippen LogP contribution is 2.26. The number of nitrogens with zero attached hydrogens (tertiary/aromatic N) is 3. The molecular formula is C37H44N8O4. The van der Waals surface area contributed by atoms with Crippen LogP contribution in [0.2, 0.25) is 0 Å². The normalized spacial score (nSPS) is 11.7. The molecule has 0 unspecified atom stereocenters. The minimum atomic E-state index is -0.562. The second kappa shape index (κ2) is 19.0. The van der Waals surface area contributed by atoms with Gasteiger partial charge in [0.05, 0.1) is 37.2 Å². The third kappa shape index (κ3) is 11.4. The Kier molecular flexibility index (Phi) is 14.0. The Morgan fingerprint density at radius 1 is 0.796 bits per heavy atom. The monoisotopic (exact) mass is 664 g/mol. The number of imidazole rings is 2. The SMILES string of the molecule is CCC.COC(=O)NCC(=O)N1CCCC1.O=C(NCc1ccccc1)Nc1ncc(-c2ccc(-c3ccc(-c4cnc[nH]4)cc3)cc2)[nH]1. The van der Waals surface area contributed by atoms with Crippen molar-refractivity contribution in [2.45, 2.75) is 39.7 Å². The van der Waals surface area contributed by atoms with Gasteiger partial charge in [-0.15, -0.1) is 0 Å². The van der Waals surface area contributed by atoms with Crippen LogP contribution in [-0.4, -0.2) is 69.6 Å². The molecule has 2 aromatic heterocycles. The number of benzene rings is 3. The number of carbonyl (C=O) groups is 3. The molecule has 256 valence electrons. The van der Waals surface area contributed by atoms with E-state index in [2.05, 4.69) is 90.9 Å². The van der Waals surface area contributed by atoms with E-state index in [0.29, 0.717) is 12.5 Å². The lowest BCUT2D eigenvalue weighted by atomic mass is 10.0. The number of hydrogen-bond donors (Lipinski definition) is 5. The van der Waals surface area contributed by atoms with Crippen molar-refractivity contribution >= 4 is 24.0 Å². The minimum absolute atomic E-state index is 0.0344. The number of aromatic amines is 2. The number of methoxy groups -OCH3 is 1. The van der Waals surface area contributed by atoms with Crippen LogP contribution in [0.3, 0.4) is 0 Å². The topological polar surface area (TPSA) is 157 Å². The van der Waals surface area contributed by atoms with Crippen molar-refractivity contribution in [2.75, 3.05) is 32.1 Å². The van der Waals surface area contributed by atoms with Crippen LogP contribution in [0.1, 0.15) is 38.7 Å². The van der Waals surface area contributed by atoms with E-state index < -0.39 is 6.09 Å². The summed E-state index contributed by atoms with van der Waals surface area (Å²) >= 11 is 0. The fraction of sp³-hybridized carbons (Fsp3) is 0.270. The summed E-state index contributed by atoms with van der Waals surface area (Å²) in [4.78, 5) is 50.4. The summed E-state index contributed by atoms with van der Waals surface area (Å²) in [6.07, 6.45) is 8.00. The third-order valence-electron chi connectivity index (χ3n) is 7.36. The zero-order valence-corrected chi connectivity index (χ0v) is 28.2. The number of anilines is 1. The predicted molar refractivity (Wildman–Crippen MR) is 192 cm³/mol. The number of urea groups is 1. The van der Waals surface area contributed by atoms with Gasteiger partial charge in [-0.3, -0.25) is 10.1 Å². The third-order valence-corrected chi connectivity index (χ3v) is 7.36. The van der Waals surface area contributed by atoms with E-state index >= 15 is 0 Å². The second-order valence-electron chi connectivity index (χ2n) is 11.2. The smallest absolute Gasteiger partial charge is 0.407 e. The molecule has 0 spiro atoms. The molecule has 0 aliphatic carbocycles. The molecule has 6 rings (SSSR count). The molecule has 1 aliphatic heterocycles. The first-order chi connectivity index (χ1) is 23.9. The first-order valence-electron chi connectivity index (χ1n) is 16.3. The maximum atomic E-state index is 12.1. The van der Waals surface area contributed by atoms with E-state index in [1.807, 2.05) is 48.7 Å². The van der Waals surface area contributed by atoms with Crippen molar-refractivity contribution in [1.29, 1.82) is 0 Å². The number of alkyl carbamates (subject to hydrolysis) is 1. The van der Waals surface area contributed by atoms with Crippen LogP contribution in [0.25, 0.3) is 33.6 Å². The van der Waals surface area contributed by atoms with E-state index in [0.717, 1.165) is 65.1 Å². The van der Waals surface area contributed by atoms with Crippen molar-refractivity contribution in [3.8, 4) is 33.6 Å². The lowest BCUT2D eigenvalue weighted by Crippen LogP contribution is -2.38. The molecule has 12 nitrogen and oxygen atoms in total. The zero-order chi connectivity index (χ0) is 34.8. The lowest BCUT2D eigenvalue weighted by molar-refractivity contribution is -0.129. The molecule has 3 aromatic carbocycles. The average Bonchev–Trinajstić information content (AvgIpc) is 3.95. The number of nitrogens with one attached hydrogen (secondary N) is 5. The van der Waals surface area contributed by atoms with Gasteiger partial charge >= 0.3 is 12.1 Å². The highest BCUT2D eigenvalue weighted by atomic mass is 16.5. The summed E-state index contributed by atoms with van der Waals surface area (Å²) in [6.45, 7) is 6.35. The molecule has 0 radical (unpaired) electrons.